The third-order valence-corrected chi connectivity index (χ3v) is 4.27. The van der Waals surface area contributed by atoms with E-state index in [9.17, 15) is 14.9 Å². The standard InChI is InChI=1S/C14H18ClN3O3/c1-14(2,3)9-4-5-17(8-9)13(19)11-6-10(18(20)21)7-16-12(11)15/h6-7,9H,4-5,8H2,1-3H3. The van der Waals surface area contributed by atoms with Crippen LogP contribution in [0.15, 0.2) is 12.3 Å². The van der Waals surface area contributed by atoms with Gasteiger partial charge in [-0.3, -0.25) is 14.9 Å². The molecule has 1 amide bonds. The Hall–Kier alpha value is -1.69. The molecule has 6 nitrogen and oxygen atoms in total. The van der Waals surface area contributed by atoms with Crippen molar-refractivity contribution in [1.29, 1.82) is 0 Å². The molecule has 2 heterocycles. The van der Waals surface area contributed by atoms with E-state index in [1.807, 2.05) is 0 Å². The zero-order valence-electron chi connectivity index (χ0n) is 12.3. The third-order valence-electron chi connectivity index (χ3n) is 3.97. The van der Waals surface area contributed by atoms with Crippen LogP contribution in [0.5, 0.6) is 0 Å². The highest BCUT2D eigenvalue weighted by molar-refractivity contribution is 6.32. The van der Waals surface area contributed by atoms with Crippen LogP contribution >= 0.6 is 11.6 Å². The summed E-state index contributed by atoms with van der Waals surface area (Å²) in [5.74, 6) is 0.120. The number of hydrogen-bond donors (Lipinski definition) is 0. The van der Waals surface area contributed by atoms with Crippen molar-refractivity contribution in [1.82, 2.24) is 9.88 Å². The normalized spacial score (nSPS) is 18.9. The van der Waals surface area contributed by atoms with Gasteiger partial charge in [-0.2, -0.15) is 0 Å². The van der Waals surface area contributed by atoms with Crippen LogP contribution in [0.1, 0.15) is 37.6 Å². The summed E-state index contributed by atoms with van der Waals surface area (Å²) in [6, 6.07) is 1.20. The minimum Gasteiger partial charge on any atom is -0.338 e. The van der Waals surface area contributed by atoms with Crippen molar-refractivity contribution in [2.75, 3.05) is 13.1 Å². The Morgan fingerprint density at radius 3 is 2.71 bits per heavy atom. The summed E-state index contributed by atoms with van der Waals surface area (Å²) in [5, 5.41) is 10.8. The number of likely N-dealkylation sites (tertiary alicyclic amines) is 1. The highest BCUT2D eigenvalue weighted by atomic mass is 35.5. The number of pyridine rings is 1. The van der Waals surface area contributed by atoms with E-state index < -0.39 is 4.92 Å². The van der Waals surface area contributed by atoms with Gasteiger partial charge < -0.3 is 4.90 Å². The van der Waals surface area contributed by atoms with Crippen LogP contribution < -0.4 is 0 Å². The van der Waals surface area contributed by atoms with Gasteiger partial charge in [-0.05, 0) is 17.8 Å². The zero-order valence-corrected chi connectivity index (χ0v) is 13.1. The van der Waals surface area contributed by atoms with Crippen molar-refractivity contribution in [3.8, 4) is 0 Å². The summed E-state index contributed by atoms with van der Waals surface area (Å²) in [7, 11) is 0. The van der Waals surface area contributed by atoms with E-state index in [2.05, 4.69) is 25.8 Å². The molecular weight excluding hydrogens is 294 g/mol. The van der Waals surface area contributed by atoms with E-state index >= 15 is 0 Å². The predicted molar refractivity (Wildman–Crippen MR) is 79.4 cm³/mol. The lowest BCUT2D eigenvalue weighted by Gasteiger charge is -2.27. The van der Waals surface area contributed by atoms with Crippen LogP contribution in [-0.4, -0.2) is 33.8 Å². The van der Waals surface area contributed by atoms with Crippen molar-refractivity contribution >= 4 is 23.2 Å². The predicted octanol–water partition coefficient (Wildman–Crippen LogP) is 3.15. The summed E-state index contributed by atoms with van der Waals surface area (Å²) in [5.41, 5.74) is -0.00511. The topological polar surface area (TPSA) is 76.3 Å². The number of halogens is 1. The van der Waals surface area contributed by atoms with Crippen LogP contribution in [0.4, 0.5) is 5.69 Å². The molecule has 0 N–H and O–H groups in total. The number of nitro groups is 1. The minimum absolute atomic E-state index is 0.00445. The van der Waals surface area contributed by atoms with Crippen LogP contribution in [0.3, 0.4) is 0 Å². The molecule has 21 heavy (non-hydrogen) atoms. The Kier molecular flexibility index (Phi) is 4.18. The Morgan fingerprint density at radius 1 is 1.52 bits per heavy atom. The maximum absolute atomic E-state index is 12.5. The molecular formula is C14H18ClN3O3. The molecule has 1 aliphatic heterocycles. The molecule has 0 aliphatic carbocycles. The molecule has 0 aromatic carbocycles. The van der Waals surface area contributed by atoms with Gasteiger partial charge in [0.2, 0.25) is 0 Å². The smallest absolute Gasteiger partial charge is 0.288 e. The lowest BCUT2D eigenvalue weighted by molar-refractivity contribution is -0.385. The van der Waals surface area contributed by atoms with E-state index in [-0.39, 0.29) is 27.7 Å². The average molecular weight is 312 g/mol. The first kappa shape index (κ1) is 15.7. The summed E-state index contributed by atoms with van der Waals surface area (Å²) in [4.78, 5) is 28.1. The summed E-state index contributed by atoms with van der Waals surface area (Å²) in [6.07, 6.45) is 1.98. The molecule has 1 saturated heterocycles. The first-order valence-corrected chi connectivity index (χ1v) is 7.17. The summed E-state index contributed by atoms with van der Waals surface area (Å²) >= 11 is 5.92. The van der Waals surface area contributed by atoms with Crippen LogP contribution in [0.2, 0.25) is 5.15 Å². The van der Waals surface area contributed by atoms with E-state index in [0.717, 1.165) is 12.6 Å². The van der Waals surface area contributed by atoms with E-state index in [1.165, 1.54) is 6.07 Å². The second-order valence-corrected chi connectivity index (χ2v) is 6.75. The van der Waals surface area contributed by atoms with Gasteiger partial charge in [-0.25, -0.2) is 4.98 Å². The number of aromatic nitrogens is 1. The van der Waals surface area contributed by atoms with E-state index in [0.29, 0.717) is 19.0 Å². The maximum atomic E-state index is 12.5. The molecule has 7 heteroatoms. The van der Waals surface area contributed by atoms with Crippen molar-refractivity contribution < 1.29 is 9.72 Å². The lowest BCUT2D eigenvalue weighted by atomic mass is 9.80. The fraction of sp³-hybridized carbons (Fsp3) is 0.571. The SMILES string of the molecule is CC(C)(C)C1CCN(C(=O)c2cc([N+](=O)[O-])cnc2Cl)C1. The molecule has 1 unspecified atom stereocenters. The fourth-order valence-electron chi connectivity index (χ4n) is 2.51. The van der Waals surface area contributed by atoms with E-state index in [1.54, 1.807) is 4.90 Å². The molecule has 0 saturated carbocycles. The molecule has 1 fully saturated rings. The summed E-state index contributed by atoms with van der Waals surface area (Å²) in [6.45, 7) is 7.72. The largest absolute Gasteiger partial charge is 0.338 e. The van der Waals surface area contributed by atoms with Crippen LogP contribution in [-0.2, 0) is 0 Å². The number of rotatable bonds is 2. The van der Waals surface area contributed by atoms with Crippen molar-refractivity contribution in [2.45, 2.75) is 27.2 Å². The van der Waals surface area contributed by atoms with Gasteiger partial charge in [0.1, 0.15) is 11.3 Å². The second-order valence-electron chi connectivity index (χ2n) is 6.39. The number of carbonyl (C=O) groups is 1. The van der Waals surface area contributed by atoms with Gasteiger partial charge in [-0.15, -0.1) is 0 Å². The molecule has 0 radical (unpaired) electrons. The highest BCUT2D eigenvalue weighted by Gasteiger charge is 2.35. The maximum Gasteiger partial charge on any atom is 0.288 e. The first-order chi connectivity index (χ1) is 9.70. The molecule has 1 aromatic heterocycles. The minimum atomic E-state index is -0.581. The Balaban J connectivity index is 2.22. The number of amides is 1. The summed E-state index contributed by atoms with van der Waals surface area (Å²) < 4.78 is 0. The van der Waals surface area contributed by atoms with Gasteiger partial charge in [0.15, 0.2) is 0 Å². The van der Waals surface area contributed by atoms with Gasteiger partial charge in [0.05, 0.1) is 10.5 Å². The van der Waals surface area contributed by atoms with Gasteiger partial charge in [0.25, 0.3) is 11.6 Å². The van der Waals surface area contributed by atoms with Crippen molar-refractivity contribution in [3.05, 3.63) is 33.1 Å². The molecule has 1 atom stereocenters. The average Bonchev–Trinajstić information content (AvgIpc) is 2.87. The second kappa shape index (κ2) is 5.60. The lowest BCUT2D eigenvalue weighted by Crippen LogP contribution is -2.31. The Morgan fingerprint density at radius 2 is 2.19 bits per heavy atom. The van der Waals surface area contributed by atoms with E-state index in [4.69, 9.17) is 11.6 Å². The molecule has 0 bridgehead atoms. The monoisotopic (exact) mass is 311 g/mol. The van der Waals surface area contributed by atoms with Gasteiger partial charge in [0, 0.05) is 19.2 Å². The number of nitrogens with zero attached hydrogens (tertiary/aromatic N) is 3. The highest BCUT2D eigenvalue weighted by Crippen LogP contribution is 2.34. The quantitative estimate of drug-likeness (QED) is 0.477. The van der Waals surface area contributed by atoms with Crippen molar-refractivity contribution in [3.63, 3.8) is 0 Å². The van der Waals surface area contributed by atoms with Gasteiger partial charge >= 0.3 is 0 Å². The number of carbonyl (C=O) groups excluding carboxylic acids is 1. The molecule has 114 valence electrons. The molecule has 2 rings (SSSR count). The Labute approximate surface area is 128 Å². The third kappa shape index (κ3) is 3.32. The molecule has 1 aromatic rings. The van der Waals surface area contributed by atoms with Crippen LogP contribution in [0.25, 0.3) is 0 Å². The van der Waals surface area contributed by atoms with Crippen molar-refractivity contribution in [2.24, 2.45) is 11.3 Å². The zero-order chi connectivity index (χ0) is 15.8. The number of hydrogen-bond acceptors (Lipinski definition) is 4. The van der Waals surface area contributed by atoms with Crippen LogP contribution in [0, 0.1) is 21.4 Å². The Bertz CT molecular complexity index is 583. The molecule has 0 spiro atoms. The van der Waals surface area contributed by atoms with Gasteiger partial charge in [-0.1, -0.05) is 32.4 Å². The first-order valence-electron chi connectivity index (χ1n) is 6.79. The molecule has 1 aliphatic rings. The fourth-order valence-corrected chi connectivity index (χ4v) is 2.69.